The van der Waals surface area contributed by atoms with Gasteiger partial charge < -0.3 is 14.7 Å². The van der Waals surface area contributed by atoms with Crippen LogP contribution in [0.1, 0.15) is 29.6 Å². The zero-order valence-corrected chi connectivity index (χ0v) is 13.3. The highest BCUT2D eigenvalue weighted by Gasteiger charge is 2.56. The SMILES string of the molecule is O=C(c1cccnc1OCC(F)(F)F)N1C[C@@H]2CCC[C@@]2(C(=O)O)C1. The molecule has 0 unspecified atom stereocenters. The van der Waals surface area contributed by atoms with Crippen LogP contribution in [0.25, 0.3) is 0 Å². The number of aliphatic carboxylic acids is 1. The number of fused-ring (bicyclic) bond motifs is 1. The zero-order chi connectivity index (χ0) is 18.2. The zero-order valence-electron chi connectivity index (χ0n) is 13.3. The van der Waals surface area contributed by atoms with Crippen molar-refractivity contribution in [3.05, 3.63) is 23.9 Å². The normalized spacial score (nSPS) is 25.7. The van der Waals surface area contributed by atoms with E-state index in [0.29, 0.717) is 6.42 Å². The summed E-state index contributed by atoms with van der Waals surface area (Å²) < 4.78 is 41.7. The highest BCUT2D eigenvalue weighted by Crippen LogP contribution is 2.49. The van der Waals surface area contributed by atoms with Gasteiger partial charge in [-0.2, -0.15) is 13.2 Å². The smallest absolute Gasteiger partial charge is 0.422 e. The van der Waals surface area contributed by atoms with E-state index in [1.165, 1.54) is 23.2 Å². The predicted molar refractivity (Wildman–Crippen MR) is 79.1 cm³/mol. The summed E-state index contributed by atoms with van der Waals surface area (Å²) in [7, 11) is 0. The Bertz CT molecular complexity index is 694. The molecule has 25 heavy (non-hydrogen) atoms. The van der Waals surface area contributed by atoms with Gasteiger partial charge in [-0.3, -0.25) is 9.59 Å². The number of hydrogen-bond acceptors (Lipinski definition) is 4. The lowest BCUT2D eigenvalue weighted by atomic mass is 9.81. The first kappa shape index (κ1) is 17.5. The first-order valence-corrected chi connectivity index (χ1v) is 7.90. The number of nitrogens with zero attached hydrogens (tertiary/aromatic N) is 2. The lowest BCUT2D eigenvalue weighted by Gasteiger charge is -2.23. The Balaban J connectivity index is 1.80. The number of carbonyl (C=O) groups is 2. The van der Waals surface area contributed by atoms with Crippen molar-refractivity contribution in [3.63, 3.8) is 0 Å². The predicted octanol–water partition coefficient (Wildman–Crippen LogP) is 2.35. The van der Waals surface area contributed by atoms with Gasteiger partial charge in [0.15, 0.2) is 6.61 Å². The van der Waals surface area contributed by atoms with Gasteiger partial charge in [-0.15, -0.1) is 0 Å². The standard InChI is InChI=1S/C16H17F3N2O4/c17-16(18,19)9-25-12-11(4-2-6-20-12)13(22)21-7-10-3-1-5-15(10,8-21)14(23)24/h2,4,6,10H,1,3,5,7-9H2,(H,23,24)/t10-,15+/m0/s1. The van der Waals surface area contributed by atoms with Gasteiger partial charge in [0.2, 0.25) is 5.88 Å². The fraction of sp³-hybridized carbons (Fsp3) is 0.562. The minimum atomic E-state index is -4.55. The fourth-order valence-corrected chi connectivity index (χ4v) is 3.78. The number of ether oxygens (including phenoxy) is 1. The van der Waals surface area contributed by atoms with Gasteiger partial charge in [0, 0.05) is 19.3 Å². The molecule has 2 aliphatic rings. The molecule has 136 valence electrons. The molecule has 1 N–H and O–H groups in total. The number of hydrogen-bond donors (Lipinski definition) is 1. The van der Waals surface area contributed by atoms with Gasteiger partial charge in [0.25, 0.3) is 5.91 Å². The number of carbonyl (C=O) groups excluding carboxylic acids is 1. The summed E-state index contributed by atoms with van der Waals surface area (Å²) in [5.74, 6) is -2.01. The summed E-state index contributed by atoms with van der Waals surface area (Å²) in [5.41, 5.74) is -1.04. The van der Waals surface area contributed by atoms with Crippen molar-refractivity contribution in [3.8, 4) is 5.88 Å². The number of carboxylic acids is 1. The van der Waals surface area contributed by atoms with Crippen molar-refractivity contribution < 1.29 is 32.6 Å². The number of amides is 1. The lowest BCUT2D eigenvalue weighted by Crippen LogP contribution is -2.37. The molecule has 0 aromatic carbocycles. The van der Waals surface area contributed by atoms with Crippen molar-refractivity contribution in [1.29, 1.82) is 0 Å². The number of rotatable bonds is 4. The summed E-state index contributed by atoms with van der Waals surface area (Å²) in [6, 6.07) is 2.76. The van der Waals surface area contributed by atoms with Crippen molar-refractivity contribution >= 4 is 11.9 Å². The Morgan fingerprint density at radius 3 is 2.84 bits per heavy atom. The molecule has 2 atom stereocenters. The molecule has 1 saturated carbocycles. The van der Waals surface area contributed by atoms with E-state index in [4.69, 9.17) is 0 Å². The first-order valence-electron chi connectivity index (χ1n) is 7.90. The molecular formula is C16H17F3N2O4. The lowest BCUT2D eigenvalue weighted by molar-refractivity contribution is -0.154. The molecule has 0 bridgehead atoms. The van der Waals surface area contributed by atoms with Crippen molar-refractivity contribution in [2.75, 3.05) is 19.7 Å². The Kier molecular flexibility index (Phi) is 4.34. The molecule has 1 aliphatic carbocycles. The Hall–Kier alpha value is -2.32. The van der Waals surface area contributed by atoms with Crippen LogP contribution in [0.15, 0.2) is 18.3 Å². The Labute approximate surface area is 141 Å². The summed E-state index contributed by atoms with van der Waals surface area (Å²) in [4.78, 5) is 29.5. The van der Waals surface area contributed by atoms with Crippen molar-refractivity contribution in [1.82, 2.24) is 9.88 Å². The largest absolute Gasteiger partial charge is 0.481 e. The molecule has 2 fully saturated rings. The fourth-order valence-electron chi connectivity index (χ4n) is 3.78. The molecule has 2 heterocycles. The van der Waals surface area contributed by atoms with Gasteiger partial charge in [-0.1, -0.05) is 6.42 Å². The third-order valence-electron chi connectivity index (χ3n) is 4.96. The third kappa shape index (κ3) is 3.27. The second-order valence-corrected chi connectivity index (χ2v) is 6.50. The Morgan fingerprint density at radius 2 is 2.20 bits per heavy atom. The van der Waals surface area contributed by atoms with E-state index in [1.54, 1.807) is 0 Å². The minimum absolute atomic E-state index is 0.0550. The average molecular weight is 358 g/mol. The molecule has 1 aromatic heterocycles. The van der Waals surface area contributed by atoms with Crippen LogP contribution in [-0.4, -0.2) is 52.7 Å². The minimum Gasteiger partial charge on any atom is -0.481 e. The highest BCUT2D eigenvalue weighted by molar-refractivity contribution is 5.97. The van der Waals surface area contributed by atoms with Crippen molar-refractivity contribution in [2.24, 2.45) is 11.3 Å². The van der Waals surface area contributed by atoms with E-state index in [0.717, 1.165) is 12.8 Å². The number of carboxylic acid groups (broad SMARTS) is 1. The molecule has 3 rings (SSSR count). The maximum absolute atomic E-state index is 12.7. The number of pyridine rings is 1. The summed E-state index contributed by atoms with van der Waals surface area (Å²) >= 11 is 0. The summed E-state index contributed by atoms with van der Waals surface area (Å²) in [5, 5.41) is 9.57. The number of alkyl halides is 3. The molecule has 0 radical (unpaired) electrons. The van der Waals surface area contributed by atoms with E-state index in [2.05, 4.69) is 9.72 Å². The highest BCUT2D eigenvalue weighted by atomic mass is 19.4. The van der Waals surface area contributed by atoms with E-state index >= 15 is 0 Å². The van der Waals surface area contributed by atoms with Crippen LogP contribution in [0.3, 0.4) is 0 Å². The molecule has 1 amide bonds. The summed E-state index contributed by atoms with van der Waals surface area (Å²) in [6.07, 6.45) is -1.29. The summed E-state index contributed by atoms with van der Waals surface area (Å²) in [6.45, 7) is -1.22. The van der Waals surface area contributed by atoms with Crippen LogP contribution in [0.4, 0.5) is 13.2 Å². The molecule has 6 nitrogen and oxygen atoms in total. The third-order valence-corrected chi connectivity index (χ3v) is 4.96. The maximum Gasteiger partial charge on any atom is 0.422 e. The molecule has 1 aliphatic heterocycles. The Morgan fingerprint density at radius 1 is 1.44 bits per heavy atom. The van der Waals surface area contributed by atoms with Crippen molar-refractivity contribution in [2.45, 2.75) is 25.4 Å². The van der Waals surface area contributed by atoms with E-state index in [1.807, 2.05) is 0 Å². The number of halogens is 3. The average Bonchev–Trinajstić information content (AvgIpc) is 3.10. The number of likely N-dealkylation sites (tertiary alicyclic amines) is 1. The van der Waals surface area contributed by atoms with Crippen LogP contribution in [0, 0.1) is 11.3 Å². The topological polar surface area (TPSA) is 79.7 Å². The van der Waals surface area contributed by atoms with E-state index in [-0.39, 0.29) is 24.6 Å². The first-order chi connectivity index (χ1) is 11.7. The molecule has 1 aromatic rings. The van der Waals surface area contributed by atoms with Gasteiger partial charge in [0.1, 0.15) is 5.56 Å². The molecule has 0 spiro atoms. The molecule has 9 heteroatoms. The van der Waals surface area contributed by atoms with Crippen LogP contribution < -0.4 is 4.74 Å². The van der Waals surface area contributed by atoms with Crippen LogP contribution in [0.2, 0.25) is 0 Å². The van der Waals surface area contributed by atoms with E-state index in [9.17, 15) is 27.9 Å². The second kappa shape index (κ2) is 6.20. The van der Waals surface area contributed by atoms with Gasteiger partial charge >= 0.3 is 12.1 Å². The number of aromatic nitrogens is 1. The maximum atomic E-state index is 12.7. The molecular weight excluding hydrogens is 341 g/mol. The van der Waals surface area contributed by atoms with Gasteiger partial charge in [-0.25, -0.2) is 4.98 Å². The van der Waals surface area contributed by atoms with Crippen LogP contribution in [-0.2, 0) is 4.79 Å². The van der Waals surface area contributed by atoms with Crippen LogP contribution in [0.5, 0.6) is 5.88 Å². The van der Waals surface area contributed by atoms with Gasteiger partial charge in [0.05, 0.1) is 5.41 Å². The van der Waals surface area contributed by atoms with Gasteiger partial charge in [-0.05, 0) is 30.9 Å². The van der Waals surface area contributed by atoms with Crippen LogP contribution >= 0.6 is 0 Å². The van der Waals surface area contributed by atoms with E-state index < -0.39 is 36.0 Å². The molecule has 1 saturated heterocycles. The second-order valence-electron chi connectivity index (χ2n) is 6.50. The quantitative estimate of drug-likeness (QED) is 0.894. The monoisotopic (exact) mass is 358 g/mol.